The lowest BCUT2D eigenvalue weighted by molar-refractivity contribution is -0.142. The minimum absolute atomic E-state index is 0.0203. The van der Waals surface area contributed by atoms with Crippen molar-refractivity contribution < 1.29 is 37.9 Å². The van der Waals surface area contributed by atoms with Crippen LogP contribution in [0.5, 0.6) is 0 Å². The van der Waals surface area contributed by atoms with Gasteiger partial charge in [-0.1, -0.05) is 30.7 Å². The first kappa shape index (κ1) is 45.0. The van der Waals surface area contributed by atoms with Crippen LogP contribution in [-0.2, 0) is 45.4 Å². The SMILES string of the molecule is CN(CCCn1c(CNc2cccc(C(=O)NCc3c(F)cccc3F)c2)nnc1-c1ccncn1)C(=O)CCCCCC(=O)Nc1cccc2c1CN(C1CCC(=O)NC1=O)C2O. The van der Waals surface area contributed by atoms with Crippen LogP contribution in [0.3, 0.4) is 0 Å². The highest BCUT2D eigenvalue weighted by Gasteiger charge is 2.40. The fourth-order valence-corrected chi connectivity index (χ4v) is 7.84. The van der Waals surface area contributed by atoms with Gasteiger partial charge in [0.25, 0.3) is 5.91 Å². The number of hydrogen-bond acceptors (Lipinski definition) is 12. The third-order valence-corrected chi connectivity index (χ3v) is 11.3. The molecule has 5 N–H and O–H groups in total. The maximum absolute atomic E-state index is 14.1. The molecule has 0 saturated carbocycles. The Kier molecular flexibility index (Phi) is 14.7. The van der Waals surface area contributed by atoms with Gasteiger partial charge in [0.05, 0.1) is 12.6 Å². The minimum Gasteiger partial charge on any atom is -0.378 e. The van der Waals surface area contributed by atoms with Crippen molar-refractivity contribution in [3.05, 3.63) is 119 Å². The van der Waals surface area contributed by atoms with Gasteiger partial charge in [0.15, 0.2) is 11.6 Å². The number of unbranched alkanes of at least 4 members (excludes halogenated alkanes) is 2. The van der Waals surface area contributed by atoms with Crippen LogP contribution >= 0.6 is 0 Å². The van der Waals surface area contributed by atoms with Crippen molar-refractivity contribution in [2.45, 2.75) is 89.8 Å². The number of fused-ring (bicyclic) bond motifs is 1. The van der Waals surface area contributed by atoms with E-state index >= 15 is 0 Å². The zero-order valence-corrected chi connectivity index (χ0v) is 35.2. The molecular weight excluding hydrogens is 829 g/mol. The molecule has 7 rings (SSSR count). The van der Waals surface area contributed by atoms with Gasteiger partial charge < -0.3 is 30.5 Å². The zero-order chi connectivity index (χ0) is 45.2. The highest BCUT2D eigenvalue weighted by Crippen LogP contribution is 2.39. The molecule has 3 aromatic carbocycles. The first-order valence-corrected chi connectivity index (χ1v) is 21.1. The molecule has 2 aliphatic heterocycles. The molecule has 2 unspecified atom stereocenters. The Morgan fingerprint density at radius 3 is 2.50 bits per heavy atom. The van der Waals surface area contributed by atoms with Crippen molar-refractivity contribution in [2.24, 2.45) is 0 Å². The number of aromatic nitrogens is 5. The molecule has 0 bridgehead atoms. The predicted molar refractivity (Wildman–Crippen MR) is 229 cm³/mol. The molecule has 5 aromatic rings. The maximum Gasteiger partial charge on any atom is 0.251 e. The van der Waals surface area contributed by atoms with E-state index < -0.39 is 35.7 Å². The molecule has 0 spiro atoms. The Bertz CT molecular complexity index is 2480. The van der Waals surface area contributed by atoms with Crippen LogP contribution in [0.15, 0.2) is 79.3 Å². The summed E-state index contributed by atoms with van der Waals surface area (Å²) in [4.78, 5) is 74.7. The number of benzene rings is 3. The normalized spacial score (nSPS) is 15.9. The van der Waals surface area contributed by atoms with Crippen molar-refractivity contribution in [3.63, 3.8) is 0 Å². The largest absolute Gasteiger partial charge is 0.378 e. The second kappa shape index (κ2) is 20.9. The van der Waals surface area contributed by atoms with Gasteiger partial charge in [0.1, 0.15) is 29.9 Å². The molecule has 64 heavy (non-hydrogen) atoms. The minimum atomic E-state index is -1.03. The van der Waals surface area contributed by atoms with Gasteiger partial charge in [-0.05, 0) is 73.7 Å². The average Bonchev–Trinajstić information content (AvgIpc) is 3.85. The molecule has 0 aliphatic carbocycles. The average molecular weight is 878 g/mol. The molecule has 4 heterocycles. The zero-order valence-electron chi connectivity index (χ0n) is 35.2. The van der Waals surface area contributed by atoms with Crippen molar-refractivity contribution in [3.8, 4) is 11.5 Å². The fourth-order valence-electron chi connectivity index (χ4n) is 7.84. The smallest absolute Gasteiger partial charge is 0.251 e. The second-order valence-corrected chi connectivity index (χ2v) is 15.7. The van der Waals surface area contributed by atoms with E-state index in [0.717, 1.165) is 17.7 Å². The standard InChI is InChI=1S/C45H49F2N11O6/c1-56(41(61)16-4-2-3-15-39(59)52-35-14-6-11-30-32(35)26-58(45(30)64)37-17-18-40(60)53-44(37)63)21-8-22-57-38(54-55-42(57)36-19-20-48-27-51-36)25-49-29-10-5-9-28(23-29)43(62)50-24-31-33(46)12-7-13-34(31)47/h5-7,9-14,19-20,23,27,37,45,49,64H,2-4,8,15-18,21-22,24-26H2,1H3,(H,50,62)(H,52,59)(H,53,60,63). The van der Waals surface area contributed by atoms with E-state index in [4.69, 9.17) is 0 Å². The molecule has 1 fully saturated rings. The lowest BCUT2D eigenvalue weighted by Gasteiger charge is -2.31. The van der Waals surface area contributed by atoms with E-state index in [2.05, 4.69) is 41.4 Å². The molecular formula is C45H49F2N11O6. The number of amides is 5. The number of imide groups is 1. The summed E-state index contributed by atoms with van der Waals surface area (Å²) in [7, 11) is 1.75. The molecule has 1 saturated heterocycles. The quantitative estimate of drug-likeness (QED) is 0.0568. The molecule has 2 aliphatic rings. The molecule has 17 nitrogen and oxygen atoms in total. The number of carbonyl (C=O) groups is 5. The number of carbonyl (C=O) groups excluding carboxylic acids is 5. The number of halogens is 2. The van der Waals surface area contributed by atoms with Crippen LogP contribution in [0, 0.1) is 11.6 Å². The Hall–Kier alpha value is -6.99. The van der Waals surface area contributed by atoms with E-state index in [1.54, 1.807) is 71.6 Å². The van der Waals surface area contributed by atoms with E-state index in [1.807, 2.05) is 4.57 Å². The van der Waals surface area contributed by atoms with Gasteiger partial charge in [-0.15, -0.1) is 10.2 Å². The summed E-state index contributed by atoms with van der Waals surface area (Å²) in [5.41, 5.74) is 3.15. The van der Waals surface area contributed by atoms with Crippen LogP contribution < -0.4 is 21.3 Å². The Labute approximate surface area is 367 Å². The number of aliphatic hydroxyl groups is 1. The fraction of sp³-hybridized carbons (Fsp3) is 0.356. The van der Waals surface area contributed by atoms with Crippen molar-refractivity contribution in [2.75, 3.05) is 24.2 Å². The van der Waals surface area contributed by atoms with E-state index in [-0.39, 0.29) is 55.8 Å². The number of nitrogens with zero attached hydrogens (tertiary/aromatic N) is 7. The van der Waals surface area contributed by atoms with Crippen LogP contribution in [0.25, 0.3) is 11.5 Å². The second-order valence-electron chi connectivity index (χ2n) is 15.7. The van der Waals surface area contributed by atoms with E-state index in [9.17, 15) is 37.9 Å². The monoisotopic (exact) mass is 877 g/mol. The molecule has 0 radical (unpaired) electrons. The summed E-state index contributed by atoms with van der Waals surface area (Å²) in [6.07, 6.45) is 5.50. The third-order valence-electron chi connectivity index (χ3n) is 11.3. The predicted octanol–water partition coefficient (Wildman–Crippen LogP) is 4.60. The van der Waals surface area contributed by atoms with Crippen molar-refractivity contribution in [1.82, 2.24) is 45.2 Å². The molecule has 334 valence electrons. The van der Waals surface area contributed by atoms with E-state index in [0.29, 0.717) is 91.5 Å². The van der Waals surface area contributed by atoms with Gasteiger partial charge in [0.2, 0.25) is 23.6 Å². The summed E-state index contributed by atoms with van der Waals surface area (Å²) < 4.78 is 30.1. The highest BCUT2D eigenvalue weighted by atomic mass is 19.1. The topological polar surface area (TPSA) is 217 Å². The first-order chi connectivity index (χ1) is 31.0. The van der Waals surface area contributed by atoms with E-state index in [1.165, 1.54) is 12.4 Å². The molecule has 5 amide bonds. The number of nitrogens with one attached hydrogen (secondary N) is 4. The summed E-state index contributed by atoms with van der Waals surface area (Å²) in [5, 5.41) is 30.9. The lowest BCUT2D eigenvalue weighted by Crippen LogP contribution is -2.51. The number of aliphatic hydroxyl groups excluding tert-OH is 1. The number of rotatable bonds is 19. The summed E-state index contributed by atoms with van der Waals surface area (Å²) >= 11 is 0. The van der Waals surface area contributed by atoms with Gasteiger partial charge in [-0.25, -0.2) is 18.7 Å². The summed E-state index contributed by atoms with van der Waals surface area (Å²) in [6, 6.07) is 16.6. The highest BCUT2D eigenvalue weighted by molar-refractivity contribution is 6.00. The Balaban J connectivity index is 0.855. The van der Waals surface area contributed by atoms with Gasteiger partial charge in [-0.2, -0.15) is 0 Å². The maximum atomic E-state index is 14.1. The Morgan fingerprint density at radius 1 is 0.938 bits per heavy atom. The number of hydrogen-bond donors (Lipinski definition) is 5. The van der Waals surface area contributed by atoms with Crippen LogP contribution in [0.2, 0.25) is 0 Å². The number of anilines is 2. The van der Waals surface area contributed by atoms with Crippen LogP contribution in [-0.4, -0.2) is 88.8 Å². The van der Waals surface area contributed by atoms with Crippen LogP contribution in [0.4, 0.5) is 20.2 Å². The van der Waals surface area contributed by atoms with Crippen molar-refractivity contribution >= 4 is 40.9 Å². The van der Waals surface area contributed by atoms with Gasteiger partial charge in [0, 0.05) is 86.8 Å². The molecule has 19 heteroatoms. The summed E-state index contributed by atoms with van der Waals surface area (Å²) in [5.74, 6) is -1.86. The summed E-state index contributed by atoms with van der Waals surface area (Å²) in [6.45, 7) is 1.09. The van der Waals surface area contributed by atoms with Gasteiger partial charge >= 0.3 is 0 Å². The first-order valence-electron chi connectivity index (χ1n) is 21.1. The number of piperidine rings is 1. The van der Waals surface area contributed by atoms with Gasteiger partial charge in [-0.3, -0.25) is 34.2 Å². The van der Waals surface area contributed by atoms with Crippen LogP contribution in [0.1, 0.15) is 90.5 Å². The molecule has 2 atom stereocenters. The molecule has 2 aromatic heterocycles. The Morgan fingerprint density at radius 2 is 1.72 bits per heavy atom. The lowest BCUT2D eigenvalue weighted by atomic mass is 10.0. The third kappa shape index (κ3) is 11.0. The van der Waals surface area contributed by atoms with Crippen molar-refractivity contribution in [1.29, 1.82) is 0 Å².